The van der Waals surface area contributed by atoms with Gasteiger partial charge in [-0.1, -0.05) is 19.9 Å². The molecule has 1 amide bonds. The minimum atomic E-state index is -0.610. The summed E-state index contributed by atoms with van der Waals surface area (Å²) in [5.74, 6) is -1.49. The first-order chi connectivity index (χ1) is 10.4. The summed E-state index contributed by atoms with van der Waals surface area (Å²) in [5, 5.41) is 3.06. The number of nitrogens with zero attached hydrogens (tertiary/aromatic N) is 1. The molecule has 2 aromatic rings. The van der Waals surface area contributed by atoms with Crippen LogP contribution in [0.1, 0.15) is 24.3 Å². The first kappa shape index (κ1) is 19.5. The fraction of sp³-hybridized carbons (Fsp3) is 0.333. The Morgan fingerprint density at radius 1 is 1.39 bits per heavy atom. The van der Waals surface area contributed by atoms with E-state index in [0.717, 1.165) is 10.9 Å². The van der Waals surface area contributed by atoms with Gasteiger partial charge in [0.15, 0.2) is 5.13 Å². The lowest BCUT2D eigenvalue weighted by atomic mass is 10.1. The summed E-state index contributed by atoms with van der Waals surface area (Å²) >= 11 is 1.24. The van der Waals surface area contributed by atoms with E-state index < -0.39 is 17.7 Å². The number of hydrogen-bond acceptors (Lipinski definition) is 4. The Labute approximate surface area is 143 Å². The largest absolute Gasteiger partial charge is 0.320 e. The van der Waals surface area contributed by atoms with E-state index in [4.69, 9.17) is 5.73 Å². The first-order valence-corrected chi connectivity index (χ1v) is 7.63. The number of rotatable bonds is 5. The number of halogens is 3. The molecule has 0 unspecified atom stereocenters. The molecular formula is C15H18ClF2N3OS. The van der Waals surface area contributed by atoms with Gasteiger partial charge in [-0.05, 0) is 17.5 Å². The Morgan fingerprint density at radius 2 is 2.09 bits per heavy atom. The highest BCUT2D eigenvalue weighted by Gasteiger charge is 2.18. The SMILES string of the molecule is CC(C)[C@H](N)C(=O)Nc1ncc(Cc2ccc(F)cc2F)s1.Cl. The normalized spacial score (nSPS) is 11.9. The van der Waals surface area contributed by atoms with Crippen molar-refractivity contribution in [1.29, 1.82) is 0 Å². The molecule has 0 fully saturated rings. The lowest BCUT2D eigenvalue weighted by Gasteiger charge is -2.13. The van der Waals surface area contributed by atoms with E-state index >= 15 is 0 Å². The fourth-order valence-corrected chi connectivity index (χ4v) is 2.63. The lowest BCUT2D eigenvalue weighted by molar-refractivity contribution is -0.118. The molecular weight excluding hydrogens is 344 g/mol. The molecule has 23 heavy (non-hydrogen) atoms. The molecule has 0 saturated carbocycles. The number of thiazole rings is 1. The fourth-order valence-electron chi connectivity index (χ4n) is 1.79. The number of carbonyl (C=O) groups is 1. The van der Waals surface area contributed by atoms with Crippen molar-refractivity contribution in [3.05, 3.63) is 46.5 Å². The summed E-state index contributed by atoms with van der Waals surface area (Å²) in [5.41, 5.74) is 6.13. The third-order valence-corrected chi connectivity index (χ3v) is 4.10. The molecule has 2 rings (SSSR count). The second kappa shape index (κ2) is 8.33. The van der Waals surface area contributed by atoms with Gasteiger partial charge in [0.05, 0.1) is 6.04 Å². The van der Waals surface area contributed by atoms with E-state index in [1.807, 2.05) is 13.8 Å². The molecule has 0 radical (unpaired) electrons. The zero-order valence-electron chi connectivity index (χ0n) is 12.7. The van der Waals surface area contributed by atoms with Crippen LogP contribution in [0.25, 0.3) is 0 Å². The van der Waals surface area contributed by atoms with Crippen LogP contribution in [0.15, 0.2) is 24.4 Å². The van der Waals surface area contributed by atoms with Crippen LogP contribution >= 0.6 is 23.7 Å². The summed E-state index contributed by atoms with van der Waals surface area (Å²) in [4.78, 5) is 16.7. The van der Waals surface area contributed by atoms with Gasteiger partial charge in [-0.2, -0.15) is 0 Å². The zero-order valence-corrected chi connectivity index (χ0v) is 14.3. The number of benzene rings is 1. The van der Waals surface area contributed by atoms with E-state index in [2.05, 4.69) is 10.3 Å². The van der Waals surface area contributed by atoms with Gasteiger partial charge in [0.25, 0.3) is 0 Å². The zero-order chi connectivity index (χ0) is 16.3. The highest BCUT2D eigenvalue weighted by Crippen LogP contribution is 2.23. The number of carbonyl (C=O) groups excluding carboxylic acids is 1. The third-order valence-electron chi connectivity index (χ3n) is 3.18. The smallest absolute Gasteiger partial charge is 0.243 e. The highest BCUT2D eigenvalue weighted by atomic mass is 35.5. The van der Waals surface area contributed by atoms with Crippen LogP contribution < -0.4 is 11.1 Å². The molecule has 0 aliphatic rings. The van der Waals surface area contributed by atoms with E-state index in [1.165, 1.54) is 23.5 Å². The van der Waals surface area contributed by atoms with Crippen molar-refractivity contribution in [1.82, 2.24) is 4.98 Å². The topological polar surface area (TPSA) is 68.0 Å². The number of amides is 1. The second-order valence-corrected chi connectivity index (χ2v) is 6.42. The number of nitrogens with two attached hydrogens (primary N) is 1. The predicted octanol–water partition coefficient (Wildman–Crippen LogP) is 3.36. The van der Waals surface area contributed by atoms with Crippen LogP contribution in [0.2, 0.25) is 0 Å². The highest BCUT2D eigenvalue weighted by molar-refractivity contribution is 7.15. The number of aromatic nitrogens is 1. The predicted molar refractivity (Wildman–Crippen MR) is 90.0 cm³/mol. The maximum atomic E-state index is 13.6. The minimum absolute atomic E-state index is 0. The Balaban J connectivity index is 0.00000264. The molecule has 0 spiro atoms. The van der Waals surface area contributed by atoms with Gasteiger partial charge in [-0.25, -0.2) is 13.8 Å². The molecule has 1 aromatic heterocycles. The average molecular weight is 362 g/mol. The molecule has 1 aromatic carbocycles. The molecule has 0 aliphatic heterocycles. The molecule has 126 valence electrons. The maximum absolute atomic E-state index is 13.6. The second-order valence-electron chi connectivity index (χ2n) is 5.30. The number of hydrogen-bond donors (Lipinski definition) is 2. The third kappa shape index (κ3) is 5.23. The van der Waals surface area contributed by atoms with Crippen LogP contribution in [-0.2, 0) is 11.2 Å². The summed E-state index contributed by atoms with van der Waals surface area (Å²) < 4.78 is 26.5. The van der Waals surface area contributed by atoms with Crippen LogP contribution in [-0.4, -0.2) is 16.9 Å². The van der Waals surface area contributed by atoms with Crippen molar-refractivity contribution in [2.75, 3.05) is 5.32 Å². The minimum Gasteiger partial charge on any atom is -0.320 e. The van der Waals surface area contributed by atoms with Gasteiger partial charge in [0.2, 0.25) is 5.91 Å². The number of nitrogens with one attached hydrogen (secondary N) is 1. The molecule has 4 nitrogen and oxygen atoms in total. The average Bonchev–Trinajstić information content (AvgIpc) is 2.88. The summed E-state index contributed by atoms with van der Waals surface area (Å²) in [6, 6.07) is 2.85. The van der Waals surface area contributed by atoms with Crippen molar-refractivity contribution >= 4 is 34.8 Å². The van der Waals surface area contributed by atoms with Gasteiger partial charge in [0, 0.05) is 23.6 Å². The molecule has 3 N–H and O–H groups in total. The first-order valence-electron chi connectivity index (χ1n) is 6.82. The van der Waals surface area contributed by atoms with Crippen LogP contribution in [0, 0.1) is 17.6 Å². The van der Waals surface area contributed by atoms with Gasteiger partial charge in [0.1, 0.15) is 11.6 Å². The van der Waals surface area contributed by atoms with Gasteiger partial charge in [-0.3, -0.25) is 4.79 Å². The van der Waals surface area contributed by atoms with E-state index in [-0.39, 0.29) is 30.7 Å². The van der Waals surface area contributed by atoms with E-state index in [1.54, 1.807) is 6.20 Å². The summed E-state index contributed by atoms with van der Waals surface area (Å²) in [6.07, 6.45) is 1.85. The van der Waals surface area contributed by atoms with Crippen LogP contribution in [0.5, 0.6) is 0 Å². The van der Waals surface area contributed by atoms with Crippen molar-refractivity contribution in [3.63, 3.8) is 0 Å². The Kier molecular flexibility index (Phi) is 7.05. The van der Waals surface area contributed by atoms with Crippen molar-refractivity contribution in [3.8, 4) is 0 Å². The summed E-state index contributed by atoms with van der Waals surface area (Å²) in [7, 11) is 0. The van der Waals surface area contributed by atoms with Crippen LogP contribution in [0.4, 0.5) is 13.9 Å². The molecule has 0 bridgehead atoms. The van der Waals surface area contributed by atoms with Crippen molar-refractivity contribution in [2.24, 2.45) is 11.7 Å². The van der Waals surface area contributed by atoms with Gasteiger partial charge < -0.3 is 11.1 Å². The molecule has 0 saturated heterocycles. The Morgan fingerprint density at radius 3 is 2.70 bits per heavy atom. The monoisotopic (exact) mass is 361 g/mol. The van der Waals surface area contributed by atoms with E-state index in [0.29, 0.717) is 10.7 Å². The molecule has 1 atom stereocenters. The van der Waals surface area contributed by atoms with Crippen molar-refractivity contribution in [2.45, 2.75) is 26.3 Å². The Hall–Kier alpha value is -1.57. The van der Waals surface area contributed by atoms with Gasteiger partial charge in [-0.15, -0.1) is 23.7 Å². The molecule has 1 heterocycles. The maximum Gasteiger partial charge on any atom is 0.243 e. The van der Waals surface area contributed by atoms with Crippen molar-refractivity contribution < 1.29 is 13.6 Å². The Bertz CT molecular complexity index is 678. The summed E-state index contributed by atoms with van der Waals surface area (Å²) in [6.45, 7) is 3.71. The van der Waals surface area contributed by atoms with E-state index in [9.17, 15) is 13.6 Å². The van der Waals surface area contributed by atoms with Gasteiger partial charge >= 0.3 is 0 Å². The lowest BCUT2D eigenvalue weighted by Crippen LogP contribution is -2.39. The standard InChI is InChI=1S/C15H17F2N3OS.ClH/c1-8(2)13(18)14(21)20-15-19-7-11(22-15)5-9-3-4-10(16)6-12(9)17;/h3-4,6-8,13H,5,18H2,1-2H3,(H,19,20,21);1H/t13-;/m0./s1. The quantitative estimate of drug-likeness (QED) is 0.858. The van der Waals surface area contributed by atoms with Crippen LogP contribution in [0.3, 0.4) is 0 Å². The molecule has 8 heteroatoms. The number of anilines is 1. The molecule has 0 aliphatic carbocycles.